The average molecular weight is 234 g/mol. The van der Waals surface area contributed by atoms with Crippen LogP contribution in [0.25, 0.3) is 0 Å². The van der Waals surface area contributed by atoms with Crippen molar-refractivity contribution >= 4 is 11.7 Å². The van der Waals surface area contributed by atoms with E-state index in [2.05, 4.69) is 5.32 Å². The van der Waals surface area contributed by atoms with Crippen LogP contribution in [-0.4, -0.2) is 30.0 Å². The van der Waals surface area contributed by atoms with Crippen molar-refractivity contribution in [1.29, 1.82) is 0 Å². The van der Waals surface area contributed by atoms with Crippen molar-refractivity contribution in [1.82, 2.24) is 0 Å². The molecule has 1 saturated heterocycles. The SMILES string of the molecule is N[C@@H](C[C@]12CO[C@@H]1Nc1ccccc12)C(=O)O. The van der Waals surface area contributed by atoms with Crippen molar-refractivity contribution in [3.8, 4) is 0 Å². The molecule has 2 heterocycles. The zero-order valence-corrected chi connectivity index (χ0v) is 9.22. The molecule has 90 valence electrons. The summed E-state index contributed by atoms with van der Waals surface area (Å²) < 4.78 is 5.46. The van der Waals surface area contributed by atoms with Gasteiger partial charge in [0.05, 0.1) is 12.0 Å². The molecule has 3 atom stereocenters. The molecule has 0 aliphatic carbocycles. The predicted molar refractivity (Wildman–Crippen MR) is 61.7 cm³/mol. The highest BCUT2D eigenvalue weighted by Gasteiger charge is 2.56. The van der Waals surface area contributed by atoms with Gasteiger partial charge in [-0.3, -0.25) is 4.79 Å². The lowest BCUT2D eigenvalue weighted by Gasteiger charge is -2.45. The predicted octanol–water partition coefficient (Wildman–Crippen LogP) is 0.508. The molecular weight excluding hydrogens is 220 g/mol. The lowest BCUT2D eigenvalue weighted by molar-refractivity contribution is -0.145. The highest BCUT2D eigenvalue weighted by molar-refractivity contribution is 5.74. The summed E-state index contributed by atoms with van der Waals surface area (Å²) in [7, 11) is 0. The van der Waals surface area contributed by atoms with Gasteiger partial charge in [-0.05, 0) is 18.1 Å². The first-order valence-corrected chi connectivity index (χ1v) is 5.59. The van der Waals surface area contributed by atoms with E-state index in [-0.39, 0.29) is 11.6 Å². The van der Waals surface area contributed by atoms with Gasteiger partial charge in [-0.1, -0.05) is 18.2 Å². The molecule has 5 heteroatoms. The molecule has 1 aromatic rings. The number of rotatable bonds is 3. The topological polar surface area (TPSA) is 84.6 Å². The highest BCUT2D eigenvalue weighted by Crippen LogP contribution is 2.50. The average Bonchev–Trinajstić information content (AvgIpc) is 2.51. The molecule has 1 aromatic carbocycles. The minimum absolute atomic E-state index is 0.134. The van der Waals surface area contributed by atoms with E-state index in [9.17, 15) is 4.79 Å². The van der Waals surface area contributed by atoms with Gasteiger partial charge in [0.2, 0.25) is 0 Å². The van der Waals surface area contributed by atoms with E-state index in [4.69, 9.17) is 15.6 Å². The summed E-state index contributed by atoms with van der Waals surface area (Å²) in [5, 5.41) is 12.2. The lowest BCUT2D eigenvalue weighted by atomic mass is 9.73. The lowest BCUT2D eigenvalue weighted by Crippen LogP contribution is -2.58. The minimum atomic E-state index is -0.964. The fourth-order valence-corrected chi connectivity index (χ4v) is 2.71. The third kappa shape index (κ3) is 1.36. The molecule has 0 radical (unpaired) electrons. The van der Waals surface area contributed by atoms with Gasteiger partial charge in [-0.25, -0.2) is 0 Å². The molecular formula is C12H14N2O3. The quantitative estimate of drug-likeness (QED) is 0.709. The number of carboxylic acid groups (broad SMARTS) is 1. The first-order valence-electron chi connectivity index (χ1n) is 5.59. The van der Waals surface area contributed by atoms with Crippen LogP contribution in [0.4, 0.5) is 5.69 Å². The third-order valence-corrected chi connectivity index (χ3v) is 3.66. The largest absolute Gasteiger partial charge is 0.480 e. The Balaban J connectivity index is 1.94. The van der Waals surface area contributed by atoms with Gasteiger partial charge in [-0.2, -0.15) is 0 Å². The van der Waals surface area contributed by atoms with Crippen LogP contribution in [-0.2, 0) is 14.9 Å². The van der Waals surface area contributed by atoms with E-state index in [0.29, 0.717) is 13.0 Å². The fourth-order valence-electron chi connectivity index (χ4n) is 2.71. The molecule has 0 bridgehead atoms. The van der Waals surface area contributed by atoms with Crippen molar-refractivity contribution in [2.75, 3.05) is 11.9 Å². The Hall–Kier alpha value is -1.59. The maximum Gasteiger partial charge on any atom is 0.320 e. The molecule has 0 saturated carbocycles. The molecule has 0 unspecified atom stereocenters. The second-order valence-corrected chi connectivity index (χ2v) is 4.69. The normalized spacial score (nSPS) is 30.8. The fraction of sp³-hybridized carbons (Fsp3) is 0.417. The standard InChI is InChI=1S/C12H14N2O3/c13-8(10(15)16)5-12-6-17-11(12)14-9-4-2-1-3-7(9)12/h1-4,8,11,14H,5-6,13H2,(H,15,16)/t8-,11-,12+/m0/s1. The van der Waals surface area contributed by atoms with Gasteiger partial charge in [0.1, 0.15) is 12.3 Å². The monoisotopic (exact) mass is 234 g/mol. The van der Waals surface area contributed by atoms with Crippen molar-refractivity contribution in [3.63, 3.8) is 0 Å². The number of nitrogens with two attached hydrogens (primary N) is 1. The molecule has 0 spiro atoms. The van der Waals surface area contributed by atoms with Crippen LogP contribution in [0, 0.1) is 0 Å². The van der Waals surface area contributed by atoms with E-state index in [0.717, 1.165) is 11.3 Å². The molecule has 5 nitrogen and oxygen atoms in total. The van der Waals surface area contributed by atoms with Crippen molar-refractivity contribution < 1.29 is 14.6 Å². The van der Waals surface area contributed by atoms with Crippen LogP contribution in [0.1, 0.15) is 12.0 Å². The number of hydrogen-bond acceptors (Lipinski definition) is 4. The van der Waals surface area contributed by atoms with E-state index >= 15 is 0 Å². The summed E-state index contributed by atoms with van der Waals surface area (Å²) in [5.74, 6) is -0.964. The van der Waals surface area contributed by atoms with Gasteiger partial charge in [0, 0.05) is 5.69 Å². The van der Waals surface area contributed by atoms with Gasteiger partial charge in [0.15, 0.2) is 0 Å². The number of nitrogens with one attached hydrogen (secondary N) is 1. The number of benzene rings is 1. The smallest absolute Gasteiger partial charge is 0.320 e. The molecule has 1 fully saturated rings. The van der Waals surface area contributed by atoms with E-state index in [1.165, 1.54) is 0 Å². The van der Waals surface area contributed by atoms with E-state index in [1.54, 1.807) is 0 Å². The van der Waals surface area contributed by atoms with Crippen LogP contribution in [0.5, 0.6) is 0 Å². The minimum Gasteiger partial charge on any atom is -0.480 e. The Bertz CT molecular complexity index is 477. The Morgan fingerprint density at radius 3 is 3.06 bits per heavy atom. The Kier molecular flexibility index (Phi) is 2.14. The number of carbonyl (C=O) groups is 1. The Morgan fingerprint density at radius 1 is 1.65 bits per heavy atom. The summed E-state index contributed by atoms with van der Waals surface area (Å²) in [4.78, 5) is 10.9. The first-order chi connectivity index (χ1) is 8.13. The summed E-state index contributed by atoms with van der Waals surface area (Å²) in [6.07, 6.45) is 0.266. The maximum atomic E-state index is 10.9. The molecule has 0 amide bonds. The van der Waals surface area contributed by atoms with Gasteiger partial charge < -0.3 is 20.9 Å². The van der Waals surface area contributed by atoms with Crippen LogP contribution in [0.3, 0.4) is 0 Å². The summed E-state index contributed by atoms with van der Waals surface area (Å²) in [5.41, 5.74) is 7.52. The van der Waals surface area contributed by atoms with Crippen molar-refractivity contribution in [2.24, 2.45) is 5.73 Å². The zero-order valence-electron chi connectivity index (χ0n) is 9.22. The van der Waals surface area contributed by atoms with E-state index in [1.807, 2.05) is 24.3 Å². The van der Waals surface area contributed by atoms with E-state index < -0.39 is 12.0 Å². The van der Waals surface area contributed by atoms with Gasteiger partial charge in [-0.15, -0.1) is 0 Å². The number of hydrogen-bond donors (Lipinski definition) is 3. The van der Waals surface area contributed by atoms with Crippen LogP contribution < -0.4 is 11.1 Å². The first kappa shape index (κ1) is 10.6. The summed E-state index contributed by atoms with van der Waals surface area (Å²) in [6.45, 7) is 0.530. The highest BCUT2D eigenvalue weighted by atomic mass is 16.5. The van der Waals surface area contributed by atoms with Crippen LogP contribution >= 0.6 is 0 Å². The number of aliphatic carboxylic acids is 1. The second-order valence-electron chi connectivity index (χ2n) is 4.69. The molecule has 17 heavy (non-hydrogen) atoms. The number of para-hydroxylation sites is 1. The molecule has 4 N–H and O–H groups in total. The number of carboxylic acids is 1. The Morgan fingerprint density at radius 2 is 2.41 bits per heavy atom. The van der Waals surface area contributed by atoms with Crippen LogP contribution in [0.2, 0.25) is 0 Å². The van der Waals surface area contributed by atoms with Gasteiger partial charge in [0.25, 0.3) is 0 Å². The molecule has 3 rings (SSSR count). The maximum absolute atomic E-state index is 10.9. The van der Waals surface area contributed by atoms with Crippen LogP contribution in [0.15, 0.2) is 24.3 Å². The molecule has 2 aliphatic rings. The van der Waals surface area contributed by atoms with Crippen molar-refractivity contribution in [3.05, 3.63) is 29.8 Å². The second kappa shape index (κ2) is 3.45. The Labute approximate surface area is 98.6 Å². The van der Waals surface area contributed by atoms with Crippen molar-refractivity contribution in [2.45, 2.75) is 24.1 Å². The third-order valence-electron chi connectivity index (χ3n) is 3.66. The number of anilines is 1. The molecule has 0 aromatic heterocycles. The molecule has 2 aliphatic heterocycles. The zero-order chi connectivity index (χ0) is 12.0. The van der Waals surface area contributed by atoms with Gasteiger partial charge >= 0.3 is 5.97 Å². The summed E-state index contributed by atoms with van der Waals surface area (Å²) >= 11 is 0. The number of ether oxygens (including phenoxy) is 1. The number of fused-ring (bicyclic) bond motifs is 3. The summed E-state index contributed by atoms with van der Waals surface area (Å²) in [6, 6.07) is 7.04.